The largest absolute Gasteiger partial charge is 0.370 e. The number of nitrogens with two attached hydrogens (primary N) is 5. The van der Waals surface area contributed by atoms with Crippen molar-refractivity contribution in [3.63, 3.8) is 0 Å². The molecule has 0 radical (unpaired) electrons. The third kappa shape index (κ3) is 26.8. The van der Waals surface area contributed by atoms with Crippen molar-refractivity contribution < 1.29 is 9.18 Å². The number of nitrogen functional groups attached to an aromatic ring is 5. The number of rotatable bonds is 24. The Bertz CT molecular complexity index is 5720. The number of amides is 1. The number of carbonyl (C=O) groups excluding carboxylic acids is 1. The normalized spacial score (nSPS) is 11.4. The number of aryl methyl sites for hydroxylation is 7. The molecule has 1 fully saturated rings. The van der Waals surface area contributed by atoms with Crippen molar-refractivity contribution in [2.45, 2.75) is 99.8 Å². The van der Waals surface area contributed by atoms with Gasteiger partial charge in [-0.2, -0.15) is 19.9 Å². The van der Waals surface area contributed by atoms with Gasteiger partial charge in [0, 0.05) is 140 Å². The predicted octanol–water partition coefficient (Wildman–Crippen LogP) is 20.8. The lowest BCUT2D eigenvalue weighted by molar-refractivity contribution is -0.127. The lowest BCUT2D eigenvalue weighted by Crippen LogP contribution is -2.27. The number of pyridine rings is 1. The number of likely N-dealkylation sites (tertiary alicyclic amines) is 1. The second kappa shape index (κ2) is 43.5. The van der Waals surface area contributed by atoms with Gasteiger partial charge >= 0.3 is 0 Å². The molecule has 0 unspecified atom stereocenters. The molecule has 14 aromatic rings. The van der Waals surface area contributed by atoms with Crippen molar-refractivity contribution in [3.8, 4) is 56.3 Å². The molecule has 1 amide bonds. The quantitative estimate of drug-likeness (QED) is 0.0254. The number of hydrogen-bond donors (Lipinski definition) is 9. The van der Waals surface area contributed by atoms with Crippen LogP contribution in [0, 0.1) is 47.4 Å². The molecule has 0 atom stereocenters. The first-order valence-electron chi connectivity index (χ1n) is 39.6. The standard InChI is InChI=1S/C20H20ClFN4.C20H21ClN4.C20H22N6O.C19H18Cl2N4.C14H16ClN3/c1-12-10-17(22)13(2)9-16(12)18-11-19(26-20(23)25-18)24-8-7-14-3-5-15(21)6-4-14;1-13-3-4-14(2)17(11-13)18-12-19(25-20(22)24-18)23-10-9-15-5-7-16(21)8-6-15;21-20-24-17(15-5-1-7-16-14(15)6-2-9-22-16)13-18(25-20)23-10-4-12-26-11-3-8-19(26)27;1-12-2-5-15(21)10-16(12)17-11-18(25-19(22)24-17)23-9-8-13-3-6-14(20)7-4-13;1-3-4-11-8-13(18-14(16)17-11)12-7-10(15)6-5-9(12)2/h3-6,9-11H,7-8H2,1-2H3,(H3,23,24,25,26);3-8,11-12H,9-10H2,1-2H3,(H3,22,23,24,25);1-2,5-7,9,13H,3-4,8,10-12H2,(H3,21,23,24,25);2-7,10-11H,8-9H2,1H3,(H3,22,23,24,25);5-8H,3-4H2,1-2H3,(H2,16,17,18). The van der Waals surface area contributed by atoms with E-state index in [0.29, 0.717) is 57.7 Å². The van der Waals surface area contributed by atoms with Gasteiger partial charge in [-0.15, -0.1) is 0 Å². The van der Waals surface area contributed by atoms with E-state index < -0.39 is 0 Å². The average Bonchev–Trinajstić information content (AvgIpc) is 1.05. The fourth-order valence-corrected chi connectivity index (χ4v) is 14.1. The van der Waals surface area contributed by atoms with Crippen LogP contribution in [0.2, 0.25) is 25.1 Å². The van der Waals surface area contributed by atoms with Crippen LogP contribution in [0.25, 0.3) is 67.2 Å². The molecule has 22 nitrogen and oxygen atoms in total. The Kier molecular flexibility index (Phi) is 32.2. The summed E-state index contributed by atoms with van der Waals surface area (Å²) in [5.41, 5.74) is 49.5. The zero-order chi connectivity index (χ0) is 86.1. The summed E-state index contributed by atoms with van der Waals surface area (Å²) in [5.74, 6) is 4.00. The summed E-state index contributed by atoms with van der Waals surface area (Å²) >= 11 is 29.9. The van der Waals surface area contributed by atoms with Gasteiger partial charge in [-0.1, -0.05) is 156 Å². The van der Waals surface area contributed by atoms with Gasteiger partial charge in [-0.25, -0.2) is 34.3 Å². The number of hydrogen-bond acceptors (Lipinski definition) is 21. The Morgan fingerprint density at radius 2 is 0.793 bits per heavy atom. The molecule has 14 N–H and O–H groups in total. The summed E-state index contributed by atoms with van der Waals surface area (Å²) in [7, 11) is 0. The second-order valence-electron chi connectivity index (χ2n) is 29.0. The smallest absolute Gasteiger partial charge is 0.222 e. The molecule has 15 rings (SSSR count). The van der Waals surface area contributed by atoms with Gasteiger partial charge < -0.3 is 54.8 Å². The molecule has 8 aromatic carbocycles. The first-order chi connectivity index (χ1) is 58.2. The number of aromatic nitrogens is 11. The molecule has 0 aliphatic carbocycles. The van der Waals surface area contributed by atoms with Crippen molar-refractivity contribution >= 4 is 128 Å². The van der Waals surface area contributed by atoms with Crippen LogP contribution in [0.5, 0.6) is 0 Å². The number of nitrogens with one attached hydrogen (secondary N) is 4. The van der Waals surface area contributed by atoms with Gasteiger partial charge in [0.15, 0.2) is 0 Å². The number of anilines is 9. The third-order valence-corrected chi connectivity index (χ3v) is 20.8. The van der Waals surface area contributed by atoms with E-state index >= 15 is 0 Å². The molecule has 622 valence electrons. The molecule has 1 saturated heterocycles. The van der Waals surface area contributed by atoms with Gasteiger partial charge in [0.25, 0.3) is 0 Å². The number of halogens is 6. The fraction of sp³-hybridized carbons (Fsp3) is 0.226. The summed E-state index contributed by atoms with van der Waals surface area (Å²) in [6.45, 7) is 18.4. The van der Waals surface area contributed by atoms with Crippen molar-refractivity contribution in [2.75, 3.05) is 89.2 Å². The predicted molar refractivity (Wildman–Crippen MR) is 497 cm³/mol. The molecular weight excluding hydrogens is 1620 g/mol. The maximum atomic E-state index is 13.7. The Labute approximate surface area is 730 Å². The van der Waals surface area contributed by atoms with Crippen LogP contribution in [0.15, 0.2) is 206 Å². The number of benzene rings is 8. The summed E-state index contributed by atoms with van der Waals surface area (Å²) < 4.78 is 13.7. The van der Waals surface area contributed by atoms with E-state index in [2.05, 4.69) is 115 Å². The molecule has 6 aromatic heterocycles. The highest BCUT2D eigenvalue weighted by Gasteiger charge is 2.20. The van der Waals surface area contributed by atoms with Crippen LogP contribution in [-0.4, -0.2) is 105 Å². The third-order valence-electron chi connectivity index (χ3n) is 19.6. The number of fused-ring (bicyclic) bond motifs is 1. The van der Waals surface area contributed by atoms with Crippen LogP contribution in [0.3, 0.4) is 0 Å². The Balaban J connectivity index is 0.000000149. The monoisotopic (exact) mass is 1720 g/mol. The van der Waals surface area contributed by atoms with E-state index in [0.717, 1.165) is 188 Å². The van der Waals surface area contributed by atoms with E-state index in [1.807, 2.05) is 196 Å². The summed E-state index contributed by atoms with van der Waals surface area (Å²) in [4.78, 5) is 61.0. The zero-order valence-corrected chi connectivity index (χ0v) is 72.2. The van der Waals surface area contributed by atoms with Crippen LogP contribution in [-0.2, 0) is 30.5 Å². The molecular formula is C93H97Cl5FN21O. The Hall–Kier alpha value is -12.4. The Morgan fingerprint density at radius 3 is 1.24 bits per heavy atom. The topological polar surface area (TPSA) is 340 Å². The lowest BCUT2D eigenvalue weighted by atomic mass is 10.0. The summed E-state index contributed by atoms with van der Waals surface area (Å²) in [5, 5.41) is 17.8. The minimum absolute atomic E-state index is 0.179. The van der Waals surface area contributed by atoms with Crippen molar-refractivity contribution in [1.29, 1.82) is 0 Å². The van der Waals surface area contributed by atoms with Crippen molar-refractivity contribution in [1.82, 2.24) is 59.7 Å². The average molecular weight is 1720 g/mol. The van der Waals surface area contributed by atoms with Gasteiger partial charge in [0.2, 0.25) is 35.6 Å². The fourth-order valence-electron chi connectivity index (χ4n) is 13.3. The second-order valence-corrected chi connectivity index (χ2v) is 31.2. The first kappa shape index (κ1) is 89.4. The molecule has 28 heteroatoms. The highest BCUT2D eigenvalue weighted by molar-refractivity contribution is 6.32. The molecule has 1 aliphatic heterocycles. The van der Waals surface area contributed by atoms with E-state index in [1.165, 1.54) is 28.3 Å². The van der Waals surface area contributed by atoms with Crippen LogP contribution in [0.1, 0.15) is 88.4 Å². The SMILES string of the molecule is CCCc1cc(-c2cc(Cl)ccc2C)nc(N)n1.Cc1cc(-c2cc(NCCc3ccc(Cl)cc3)nc(N)n2)c(C)cc1F.Cc1ccc(C)c(-c2cc(NCCc3ccc(Cl)cc3)nc(N)n2)c1.Cc1ccc(Cl)cc1-c1cc(NCCc2ccc(Cl)cc2)nc(N)n1.Nc1nc(NCCCN2CCCC2=O)cc(-c2cccc3ncccc23)n1. The maximum absolute atomic E-state index is 13.7. The van der Waals surface area contributed by atoms with Crippen molar-refractivity contribution in [2.24, 2.45) is 0 Å². The lowest BCUT2D eigenvalue weighted by Gasteiger charge is -2.15. The highest BCUT2D eigenvalue weighted by Crippen LogP contribution is 2.33. The van der Waals surface area contributed by atoms with E-state index in [4.69, 9.17) is 86.7 Å². The van der Waals surface area contributed by atoms with Crippen LogP contribution in [0.4, 0.5) is 57.4 Å². The van der Waals surface area contributed by atoms with Gasteiger partial charge in [-0.3, -0.25) is 9.78 Å². The molecule has 0 bridgehead atoms. The molecule has 0 spiro atoms. The minimum atomic E-state index is -0.227. The maximum Gasteiger partial charge on any atom is 0.222 e. The molecule has 7 heterocycles. The number of nitrogens with zero attached hydrogens (tertiary/aromatic N) is 12. The summed E-state index contributed by atoms with van der Waals surface area (Å²) in [6.07, 6.45) is 8.78. The van der Waals surface area contributed by atoms with E-state index in [1.54, 1.807) is 19.2 Å². The highest BCUT2D eigenvalue weighted by atomic mass is 35.5. The number of carbonyl (C=O) groups is 1. The zero-order valence-electron chi connectivity index (χ0n) is 68.5. The summed E-state index contributed by atoms with van der Waals surface area (Å²) in [6, 6.07) is 63.9. The molecule has 1 aliphatic rings. The van der Waals surface area contributed by atoms with E-state index in [-0.39, 0.29) is 35.5 Å². The molecule has 121 heavy (non-hydrogen) atoms. The van der Waals surface area contributed by atoms with Gasteiger partial charge in [0.1, 0.15) is 29.1 Å². The van der Waals surface area contributed by atoms with Crippen LogP contribution >= 0.6 is 58.0 Å². The molecule has 0 saturated carbocycles. The first-order valence-corrected chi connectivity index (χ1v) is 41.5. The van der Waals surface area contributed by atoms with Gasteiger partial charge in [-0.05, 0) is 222 Å². The van der Waals surface area contributed by atoms with Gasteiger partial charge in [0.05, 0.1) is 34.0 Å². The minimum Gasteiger partial charge on any atom is -0.370 e. The van der Waals surface area contributed by atoms with Crippen molar-refractivity contribution in [3.05, 3.63) is 293 Å². The van der Waals surface area contributed by atoms with E-state index in [9.17, 15) is 9.18 Å². The van der Waals surface area contributed by atoms with Crippen LogP contribution < -0.4 is 49.9 Å². The Morgan fingerprint density at radius 1 is 0.388 bits per heavy atom.